The standard InChI is InChI=1S/C15H24N2.ClH/c1-12(2)15-6-4-14(5-7-15)11-17-9-8-16-10-13(17)3;/h4-7,12-13,16H,8-11H2,1-3H3;1H. The van der Waals surface area contributed by atoms with Crippen LogP contribution in [0.5, 0.6) is 0 Å². The van der Waals surface area contributed by atoms with Crippen LogP contribution in [0.15, 0.2) is 24.3 Å². The van der Waals surface area contributed by atoms with E-state index < -0.39 is 0 Å². The van der Waals surface area contributed by atoms with E-state index in [1.807, 2.05) is 0 Å². The zero-order valence-electron chi connectivity index (χ0n) is 11.6. The lowest BCUT2D eigenvalue weighted by Crippen LogP contribution is -2.49. The quantitative estimate of drug-likeness (QED) is 0.907. The highest BCUT2D eigenvalue weighted by atomic mass is 35.5. The van der Waals surface area contributed by atoms with Crippen molar-refractivity contribution in [3.05, 3.63) is 35.4 Å². The van der Waals surface area contributed by atoms with Crippen LogP contribution in [-0.2, 0) is 6.54 Å². The van der Waals surface area contributed by atoms with Crippen LogP contribution in [0.1, 0.15) is 37.8 Å². The molecule has 1 atom stereocenters. The molecule has 0 amide bonds. The van der Waals surface area contributed by atoms with Gasteiger partial charge in [0, 0.05) is 32.2 Å². The molecule has 1 aromatic rings. The maximum atomic E-state index is 3.43. The second-order valence-corrected chi connectivity index (χ2v) is 5.42. The van der Waals surface area contributed by atoms with E-state index in [2.05, 4.69) is 55.3 Å². The molecule has 18 heavy (non-hydrogen) atoms. The molecule has 1 aromatic carbocycles. The summed E-state index contributed by atoms with van der Waals surface area (Å²) in [5.41, 5.74) is 2.87. The van der Waals surface area contributed by atoms with E-state index >= 15 is 0 Å². The van der Waals surface area contributed by atoms with Gasteiger partial charge in [0.05, 0.1) is 0 Å². The van der Waals surface area contributed by atoms with Crippen molar-refractivity contribution in [3.8, 4) is 0 Å². The van der Waals surface area contributed by atoms with Gasteiger partial charge in [0.25, 0.3) is 0 Å². The highest BCUT2D eigenvalue weighted by Crippen LogP contribution is 2.16. The van der Waals surface area contributed by atoms with E-state index in [1.54, 1.807) is 0 Å². The van der Waals surface area contributed by atoms with Crippen LogP contribution in [0.4, 0.5) is 0 Å². The summed E-state index contributed by atoms with van der Waals surface area (Å²) in [7, 11) is 0. The fraction of sp³-hybridized carbons (Fsp3) is 0.600. The minimum atomic E-state index is 0. The third kappa shape index (κ3) is 3.98. The Morgan fingerprint density at radius 3 is 2.50 bits per heavy atom. The van der Waals surface area contributed by atoms with Crippen LogP contribution in [0.2, 0.25) is 0 Å². The van der Waals surface area contributed by atoms with Crippen molar-refractivity contribution in [1.82, 2.24) is 10.2 Å². The van der Waals surface area contributed by atoms with Gasteiger partial charge >= 0.3 is 0 Å². The average molecular weight is 269 g/mol. The van der Waals surface area contributed by atoms with Crippen LogP contribution in [-0.4, -0.2) is 30.6 Å². The Bertz CT molecular complexity index is 348. The molecule has 2 nitrogen and oxygen atoms in total. The number of nitrogens with one attached hydrogen (secondary N) is 1. The van der Waals surface area contributed by atoms with Gasteiger partial charge in [-0.3, -0.25) is 4.90 Å². The Morgan fingerprint density at radius 1 is 1.28 bits per heavy atom. The van der Waals surface area contributed by atoms with Crippen molar-refractivity contribution in [2.75, 3.05) is 19.6 Å². The Labute approximate surface area is 117 Å². The van der Waals surface area contributed by atoms with Gasteiger partial charge in [-0.25, -0.2) is 0 Å². The molecule has 1 saturated heterocycles. The van der Waals surface area contributed by atoms with Crippen LogP contribution >= 0.6 is 12.4 Å². The Hall–Kier alpha value is -0.570. The summed E-state index contributed by atoms with van der Waals surface area (Å²) in [5, 5.41) is 3.43. The normalized spacial score (nSPS) is 20.8. The summed E-state index contributed by atoms with van der Waals surface area (Å²) < 4.78 is 0. The first-order valence-corrected chi connectivity index (χ1v) is 6.70. The Kier molecular flexibility index (Phi) is 6.13. The molecule has 0 aromatic heterocycles. The Morgan fingerprint density at radius 2 is 1.94 bits per heavy atom. The van der Waals surface area contributed by atoms with Crippen molar-refractivity contribution >= 4 is 12.4 Å². The summed E-state index contributed by atoms with van der Waals surface area (Å²) >= 11 is 0. The molecular weight excluding hydrogens is 244 g/mol. The molecule has 1 N–H and O–H groups in total. The number of piperazine rings is 1. The summed E-state index contributed by atoms with van der Waals surface area (Å²) in [6, 6.07) is 9.75. The molecule has 3 heteroatoms. The lowest BCUT2D eigenvalue weighted by molar-refractivity contribution is 0.165. The van der Waals surface area contributed by atoms with Gasteiger partial charge in [0.1, 0.15) is 0 Å². The molecule has 2 rings (SSSR count). The fourth-order valence-corrected chi connectivity index (χ4v) is 2.36. The second-order valence-electron chi connectivity index (χ2n) is 5.42. The van der Waals surface area contributed by atoms with Gasteiger partial charge < -0.3 is 5.32 Å². The number of hydrogen-bond donors (Lipinski definition) is 1. The molecular formula is C15H25ClN2. The Balaban J connectivity index is 0.00000162. The molecule has 1 aliphatic heterocycles. The first kappa shape index (κ1) is 15.5. The minimum absolute atomic E-state index is 0. The monoisotopic (exact) mass is 268 g/mol. The molecule has 1 fully saturated rings. The van der Waals surface area contributed by atoms with E-state index in [9.17, 15) is 0 Å². The van der Waals surface area contributed by atoms with Gasteiger partial charge in [-0.05, 0) is 24.0 Å². The largest absolute Gasteiger partial charge is 0.314 e. The maximum Gasteiger partial charge on any atom is 0.0237 e. The number of halogens is 1. The van der Waals surface area contributed by atoms with Gasteiger partial charge in [-0.1, -0.05) is 38.1 Å². The SMILES string of the molecule is CC(C)c1ccc(CN2CCNCC2C)cc1.Cl. The van der Waals surface area contributed by atoms with E-state index in [1.165, 1.54) is 11.1 Å². The molecule has 0 bridgehead atoms. The predicted molar refractivity (Wildman–Crippen MR) is 80.5 cm³/mol. The number of rotatable bonds is 3. The highest BCUT2D eigenvalue weighted by Gasteiger charge is 2.17. The van der Waals surface area contributed by atoms with E-state index in [0.29, 0.717) is 12.0 Å². The molecule has 1 unspecified atom stereocenters. The topological polar surface area (TPSA) is 15.3 Å². The summed E-state index contributed by atoms with van der Waals surface area (Å²) in [4.78, 5) is 2.56. The van der Waals surface area contributed by atoms with Crippen LogP contribution < -0.4 is 5.32 Å². The third-order valence-electron chi connectivity index (χ3n) is 3.67. The average Bonchev–Trinajstić information content (AvgIpc) is 2.33. The van der Waals surface area contributed by atoms with Gasteiger partial charge in [-0.15, -0.1) is 12.4 Å². The van der Waals surface area contributed by atoms with Crippen LogP contribution in [0.3, 0.4) is 0 Å². The zero-order chi connectivity index (χ0) is 12.3. The van der Waals surface area contributed by atoms with E-state index in [0.717, 1.165) is 26.2 Å². The highest BCUT2D eigenvalue weighted by molar-refractivity contribution is 5.85. The zero-order valence-corrected chi connectivity index (χ0v) is 12.5. The van der Waals surface area contributed by atoms with E-state index in [4.69, 9.17) is 0 Å². The predicted octanol–water partition coefficient (Wildman–Crippen LogP) is 3.03. The molecule has 1 aliphatic rings. The first-order chi connectivity index (χ1) is 8.16. The van der Waals surface area contributed by atoms with Crippen molar-refractivity contribution in [2.24, 2.45) is 0 Å². The lowest BCUT2D eigenvalue weighted by atomic mass is 10.0. The van der Waals surface area contributed by atoms with Gasteiger partial charge in [0.15, 0.2) is 0 Å². The lowest BCUT2D eigenvalue weighted by Gasteiger charge is -2.33. The number of nitrogens with zero attached hydrogens (tertiary/aromatic N) is 1. The second kappa shape index (κ2) is 7.13. The van der Waals surface area contributed by atoms with E-state index in [-0.39, 0.29) is 12.4 Å². The van der Waals surface area contributed by atoms with Crippen LogP contribution in [0, 0.1) is 0 Å². The van der Waals surface area contributed by atoms with Gasteiger partial charge in [-0.2, -0.15) is 0 Å². The summed E-state index contributed by atoms with van der Waals surface area (Å²) in [5.74, 6) is 0.627. The maximum absolute atomic E-state index is 3.43. The molecule has 102 valence electrons. The molecule has 0 radical (unpaired) electrons. The molecule has 0 aliphatic carbocycles. The van der Waals surface area contributed by atoms with Crippen molar-refractivity contribution in [3.63, 3.8) is 0 Å². The number of hydrogen-bond acceptors (Lipinski definition) is 2. The summed E-state index contributed by atoms with van der Waals surface area (Å²) in [6.07, 6.45) is 0. The fourth-order valence-electron chi connectivity index (χ4n) is 2.36. The van der Waals surface area contributed by atoms with Crippen molar-refractivity contribution in [1.29, 1.82) is 0 Å². The smallest absolute Gasteiger partial charge is 0.0237 e. The molecule has 0 saturated carbocycles. The third-order valence-corrected chi connectivity index (χ3v) is 3.67. The van der Waals surface area contributed by atoms with Crippen molar-refractivity contribution < 1.29 is 0 Å². The number of benzene rings is 1. The summed E-state index contributed by atoms with van der Waals surface area (Å²) in [6.45, 7) is 11.3. The van der Waals surface area contributed by atoms with Gasteiger partial charge in [0.2, 0.25) is 0 Å². The minimum Gasteiger partial charge on any atom is -0.314 e. The van der Waals surface area contributed by atoms with Crippen molar-refractivity contribution in [2.45, 2.75) is 39.3 Å². The first-order valence-electron chi connectivity index (χ1n) is 6.70. The molecule has 1 heterocycles. The van der Waals surface area contributed by atoms with Crippen LogP contribution in [0.25, 0.3) is 0 Å². The molecule has 0 spiro atoms.